The molecule has 2 N–H and O–H groups in total. The summed E-state index contributed by atoms with van der Waals surface area (Å²) < 4.78 is 0. The maximum Gasteiger partial charge on any atom is 0.168 e. The van der Waals surface area contributed by atoms with Crippen molar-refractivity contribution in [2.75, 3.05) is 5.73 Å². The lowest BCUT2D eigenvalue weighted by Gasteiger charge is -2.10. The van der Waals surface area contributed by atoms with Crippen molar-refractivity contribution in [1.29, 1.82) is 0 Å². The highest BCUT2D eigenvalue weighted by Crippen LogP contribution is 2.25. The van der Waals surface area contributed by atoms with E-state index in [1.54, 1.807) is 0 Å². The monoisotopic (exact) mass is 246 g/mol. The zero-order valence-electron chi connectivity index (χ0n) is 9.75. The normalized spacial score (nSPS) is 12.4. The highest BCUT2D eigenvalue weighted by Gasteiger charge is 2.13. The molecule has 4 nitrogen and oxygen atoms in total. The molecule has 0 aliphatic carbocycles. The maximum atomic E-state index is 5.64. The van der Waals surface area contributed by atoms with E-state index in [1.165, 1.54) is 0 Å². The zero-order valence-corrected chi connectivity index (χ0v) is 10.6. The van der Waals surface area contributed by atoms with E-state index < -0.39 is 0 Å². The second kappa shape index (κ2) is 4.71. The van der Waals surface area contributed by atoms with Crippen LogP contribution in [-0.2, 0) is 0 Å². The first-order chi connectivity index (χ1) is 8.08. The molecule has 0 spiro atoms. The smallest absolute Gasteiger partial charge is 0.168 e. The minimum atomic E-state index is -0.178. The van der Waals surface area contributed by atoms with Gasteiger partial charge in [0.2, 0.25) is 0 Å². The summed E-state index contributed by atoms with van der Waals surface area (Å²) in [7, 11) is 0. The Morgan fingerprint density at radius 2 is 1.71 bits per heavy atom. The van der Waals surface area contributed by atoms with Crippen LogP contribution in [0.2, 0.25) is 0 Å². The summed E-state index contributed by atoms with van der Waals surface area (Å²) in [5, 5.41) is 7.95. The Kier molecular flexibility index (Phi) is 3.28. The van der Waals surface area contributed by atoms with E-state index in [1.807, 2.05) is 38.1 Å². The fraction of sp³-hybridized carbons (Fsp3) is 0.250. The van der Waals surface area contributed by atoms with Crippen molar-refractivity contribution >= 4 is 18.3 Å². The summed E-state index contributed by atoms with van der Waals surface area (Å²) in [6.45, 7) is 3.80. The van der Waals surface area contributed by atoms with Crippen LogP contribution in [0.25, 0.3) is 0 Å². The Balaban J connectivity index is 2.33. The molecule has 0 radical (unpaired) electrons. The third-order valence-electron chi connectivity index (χ3n) is 2.61. The largest absolute Gasteiger partial charge is 0.399 e. The van der Waals surface area contributed by atoms with Crippen LogP contribution in [0.5, 0.6) is 0 Å². The fourth-order valence-corrected chi connectivity index (χ4v) is 1.70. The van der Waals surface area contributed by atoms with Crippen LogP contribution in [0.1, 0.15) is 28.0 Å². The van der Waals surface area contributed by atoms with Gasteiger partial charge in [-0.25, -0.2) is 4.98 Å². The number of benzene rings is 1. The van der Waals surface area contributed by atoms with E-state index in [2.05, 4.69) is 27.8 Å². The predicted octanol–water partition coefficient (Wildman–Crippen LogP) is 2.09. The molecule has 0 fully saturated rings. The number of hydrogen-bond donors (Lipinski definition) is 2. The molecule has 5 heteroatoms. The summed E-state index contributed by atoms with van der Waals surface area (Å²) in [6, 6.07) is 7.52. The maximum absolute atomic E-state index is 5.64. The topological polar surface area (TPSA) is 64.7 Å². The summed E-state index contributed by atoms with van der Waals surface area (Å²) in [5.74, 6) is 0.612. The van der Waals surface area contributed by atoms with Gasteiger partial charge >= 0.3 is 0 Å². The number of rotatable bonds is 2. The van der Waals surface area contributed by atoms with Gasteiger partial charge < -0.3 is 5.73 Å². The molecule has 17 heavy (non-hydrogen) atoms. The van der Waals surface area contributed by atoms with Crippen LogP contribution in [-0.4, -0.2) is 15.2 Å². The van der Waals surface area contributed by atoms with E-state index in [-0.39, 0.29) is 5.25 Å². The second-order valence-electron chi connectivity index (χ2n) is 3.91. The van der Waals surface area contributed by atoms with Crippen LogP contribution in [0.15, 0.2) is 24.3 Å². The molecule has 1 atom stereocenters. The van der Waals surface area contributed by atoms with Crippen molar-refractivity contribution in [1.82, 2.24) is 15.2 Å². The predicted molar refractivity (Wildman–Crippen MR) is 71.0 cm³/mol. The molecule has 0 saturated heterocycles. The molecule has 2 aromatic rings. The van der Waals surface area contributed by atoms with E-state index in [4.69, 9.17) is 5.73 Å². The van der Waals surface area contributed by atoms with Gasteiger partial charge in [-0.2, -0.15) is 17.7 Å². The molecule has 0 bridgehead atoms. The van der Waals surface area contributed by atoms with Crippen molar-refractivity contribution < 1.29 is 0 Å². The molecular formula is C12H14N4S. The van der Waals surface area contributed by atoms with E-state index in [0.717, 1.165) is 22.6 Å². The van der Waals surface area contributed by atoms with Crippen molar-refractivity contribution in [2.24, 2.45) is 0 Å². The molecule has 1 aromatic carbocycles. The number of aromatic nitrogens is 3. The number of thiol groups is 1. The molecule has 1 unspecified atom stereocenters. The highest BCUT2D eigenvalue weighted by molar-refractivity contribution is 7.80. The van der Waals surface area contributed by atoms with Gasteiger partial charge in [-0.05, 0) is 31.5 Å². The molecule has 88 valence electrons. The number of anilines is 1. The lowest BCUT2D eigenvalue weighted by molar-refractivity contribution is 0.812. The summed E-state index contributed by atoms with van der Waals surface area (Å²) in [5.41, 5.74) is 9.10. The van der Waals surface area contributed by atoms with Gasteiger partial charge in [0, 0.05) is 5.69 Å². The Hall–Kier alpha value is -1.62. The minimum absolute atomic E-state index is 0.178. The number of nitrogens with zero attached hydrogens (tertiary/aromatic N) is 3. The molecule has 2 rings (SSSR count). The summed E-state index contributed by atoms with van der Waals surface area (Å²) >= 11 is 4.52. The third-order valence-corrected chi connectivity index (χ3v) is 3.13. The second-order valence-corrected chi connectivity index (χ2v) is 4.43. The Morgan fingerprint density at radius 3 is 2.29 bits per heavy atom. The molecular weight excluding hydrogens is 232 g/mol. The fourth-order valence-electron chi connectivity index (χ4n) is 1.42. The van der Waals surface area contributed by atoms with Gasteiger partial charge in [-0.1, -0.05) is 12.1 Å². The first-order valence-corrected chi connectivity index (χ1v) is 5.81. The molecule has 1 heterocycles. The molecule has 0 amide bonds. The van der Waals surface area contributed by atoms with Crippen LogP contribution in [0.3, 0.4) is 0 Å². The van der Waals surface area contributed by atoms with Gasteiger partial charge in [0.1, 0.15) is 0 Å². The van der Waals surface area contributed by atoms with Crippen molar-refractivity contribution in [3.05, 3.63) is 47.0 Å². The molecule has 0 aliphatic heterocycles. The Labute approximate surface area is 106 Å². The number of hydrogen-bond acceptors (Lipinski definition) is 5. The molecule has 1 aromatic heterocycles. The Morgan fingerprint density at radius 1 is 1.06 bits per heavy atom. The number of nitrogen functional groups attached to an aromatic ring is 1. The van der Waals surface area contributed by atoms with E-state index in [9.17, 15) is 0 Å². The molecule has 0 saturated carbocycles. The van der Waals surface area contributed by atoms with Gasteiger partial charge in [-0.15, -0.1) is 5.10 Å². The lowest BCUT2D eigenvalue weighted by Crippen LogP contribution is -2.06. The van der Waals surface area contributed by atoms with Gasteiger partial charge in [-0.3, -0.25) is 0 Å². The van der Waals surface area contributed by atoms with Gasteiger partial charge in [0.25, 0.3) is 0 Å². The van der Waals surface area contributed by atoms with E-state index >= 15 is 0 Å². The standard InChI is InChI=1S/C12H14N4S/c1-7-8(2)15-16-12(14-7)11(17)9-3-5-10(13)6-4-9/h3-6,11,17H,13H2,1-2H3. The summed E-state index contributed by atoms with van der Waals surface area (Å²) in [6.07, 6.45) is 0. The van der Waals surface area contributed by atoms with E-state index in [0.29, 0.717) is 5.82 Å². The quantitative estimate of drug-likeness (QED) is 0.629. The average molecular weight is 246 g/mol. The van der Waals surface area contributed by atoms with Crippen molar-refractivity contribution in [3.63, 3.8) is 0 Å². The minimum Gasteiger partial charge on any atom is -0.399 e. The van der Waals surface area contributed by atoms with Crippen LogP contribution >= 0.6 is 12.6 Å². The average Bonchev–Trinajstić information content (AvgIpc) is 2.33. The van der Waals surface area contributed by atoms with Crippen molar-refractivity contribution in [2.45, 2.75) is 19.1 Å². The van der Waals surface area contributed by atoms with Crippen LogP contribution in [0.4, 0.5) is 5.69 Å². The first kappa shape index (κ1) is 11.9. The number of nitrogens with two attached hydrogens (primary N) is 1. The number of aryl methyl sites for hydroxylation is 2. The Bertz CT molecular complexity index is 525. The van der Waals surface area contributed by atoms with Crippen molar-refractivity contribution in [3.8, 4) is 0 Å². The third kappa shape index (κ3) is 2.55. The lowest BCUT2D eigenvalue weighted by atomic mass is 10.1. The SMILES string of the molecule is Cc1nnc(C(S)c2ccc(N)cc2)nc1C. The first-order valence-electron chi connectivity index (χ1n) is 5.29. The zero-order chi connectivity index (χ0) is 12.4. The molecule has 0 aliphatic rings. The van der Waals surface area contributed by atoms with Crippen LogP contribution < -0.4 is 5.73 Å². The van der Waals surface area contributed by atoms with Gasteiger partial charge in [0.05, 0.1) is 16.6 Å². The highest BCUT2D eigenvalue weighted by atomic mass is 32.1. The van der Waals surface area contributed by atoms with Gasteiger partial charge in [0.15, 0.2) is 5.82 Å². The summed E-state index contributed by atoms with van der Waals surface area (Å²) in [4.78, 5) is 4.39. The van der Waals surface area contributed by atoms with Crippen LogP contribution in [0, 0.1) is 13.8 Å².